The van der Waals surface area contributed by atoms with E-state index in [9.17, 15) is 9.59 Å². The minimum absolute atomic E-state index is 0.180. The van der Waals surface area contributed by atoms with Gasteiger partial charge in [0.05, 0.1) is 0 Å². The lowest BCUT2D eigenvalue weighted by atomic mass is 9.90. The molecule has 0 spiro atoms. The summed E-state index contributed by atoms with van der Waals surface area (Å²) in [5.74, 6) is 0.473. The zero-order chi connectivity index (χ0) is 21.7. The first kappa shape index (κ1) is 26.9. The normalized spacial score (nSPS) is 15.3. The van der Waals surface area contributed by atoms with E-state index in [0.717, 1.165) is 13.1 Å². The van der Waals surface area contributed by atoms with Gasteiger partial charge in [-0.3, -0.25) is 9.59 Å². The summed E-state index contributed by atoms with van der Waals surface area (Å²) >= 11 is 0. The van der Waals surface area contributed by atoms with E-state index in [-0.39, 0.29) is 29.0 Å². The number of carbonyl (C=O) groups is 2. The highest BCUT2D eigenvalue weighted by Crippen LogP contribution is 2.21. The van der Waals surface area contributed by atoms with Gasteiger partial charge in [0.2, 0.25) is 11.8 Å². The second-order valence-corrected chi connectivity index (χ2v) is 8.41. The Morgan fingerprint density at radius 3 is 1.37 bits per heavy atom. The van der Waals surface area contributed by atoms with Crippen molar-refractivity contribution in [1.29, 1.82) is 0 Å². The third-order valence-corrected chi connectivity index (χ3v) is 3.91. The van der Waals surface area contributed by atoms with Crippen molar-refractivity contribution in [2.45, 2.75) is 73.3 Å². The molecular weight excluding hydrogens is 352 g/mol. The summed E-state index contributed by atoms with van der Waals surface area (Å²) in [6.45, 7) is 13.7. The van der Waals surface area contributed by atoms with Crippen molar-refractivity contribution in [3.63, 3.8) is 0 Å². The van der Waals surface area contributed by atoms with Crippen LogP contribution in [0.3, 0.4) is 0 Å². The number of likely N-dealkylation sites (tertiary alicyclic amines) is 1. The van der Waals surface area contributed by atoms with Gasteiger partial charge in [-0.15, -0.1) is 0 Å². The largest absolute Gasteiger partial charge is 0.373 e. The molecule has 1 N–H and O–H groups in total. The maximum Gasteiger partial charge on any atom is 0.373 e. The number of hydrogen-bond acceptors (Lipinski definition) is 6. The van der Waals surface area contributed by atoms with Crippen LogP contribution < -0.4 is 5.32 Å². The van der Waals surface area contributed by atoms with Gasteiger partial charge in [0, 0.05) is 30.0 Å². The molecule has 154 valence electrons. The van der Waals surface area contributed by atoms with Gasteiger partial charge < -0.3 is 10.2 Å². The molecule has 0 aromatic rings. The first-order chi connectivity index (χ1) is 12.3. The van der Waals surface area contributed by atoms with E-state index < -0.39 is 0 Å². The van der Waals surface area contributed by atoms with E-state index in [1.165, 1.54) is 25.7 Å². The molecule has 1 saturated carbocycles. The predicted molar refractivity (Wildman–Crippen MR) is 95.9 cm³/mol. The highest BCUT2D eigenvalue weighted by Gasteiger charge is 2.30. The minimum atomic E-state index is -0.227. The third kappa shape index (κ3) is 12.7. The summed E-state index contributed by atoms with van der Waals surface area (Å²) in [4.78, 5) is 57.1. The lowest BCUT2D eigenvalue weighted by Gasteiger charge is -2.35. The summed E-state index contributed by atoms with van der Waals surface area (Å²) in [5, 5.41) is 3.02. The maximum atomic E-state index is 11.4. The molecule has 2 rings (SSSR count). The van der Waals surface area contributed by atoms with Gasteiger partial charge in [0.15, 0.2) is 0 Å². The smallest absolute Gasteiger partial charge is 0.353 e. The monoisotopic (exact) mass is 384 g/mol. The Hall–Kier alpha value is -2.30. The summed E-state index contributed by atoms with van der Waals surface area (Å²) in [6, 6.07) is 0.474. The molecule has 0 unspecified atom stereocenters. The van der Waals surface area contributed by atoms with Crippen LogP contribution in [0.1, 0.15) is 67.2 Å². The van der Waals surface area contributed by atoms with Gasteiger partial charge in [0.25, 0.3) is 0 Å². The van der Waals surface area contributed by atoms with Crippen LogP contribution in [0, 0.1) is 10.8 Å². The molecular formula is C19H32N2O6. The fourth-order valence-electron chi connectivity index (χ4n) is 1.95. The molecule has 1 aliphatic heterocycles. The molecule has 1 aliphatic carbocycles. The molecule has 2 amide bonds. The Morgan fingerprint density at radius 1 is 0.815 bits per heavy atom. The molecule has 0 radical (unpaired) electrons. The van der Waals surface area contributed by atoms with Crippen molar-refractivity contribution in [3.8, 4) is 0 Å². The summed E-state index contributed by atoms with van der Waals surface area (Å²) in [6.07, 6.45) is 5.29. The predicted octanol–water partition coefficient (Wildman–Crippen LogP) is 1.80. The van der Waals surface area contributed by atoms with Crippen LogP contribution in [0.25, 0.3) is 0 Å². The zero-order valence-corrected chi connectivity index (χ0v) is 17.2. The van der Waals surface area contributed by atoms with E-state index >= 15 is 0 Å². The molecule has 0 aromatic carbocycles. The lowest BCUT2D eigenvalue weighted by molar-refractivity contribution is -0.193. The number of hydrogen-bond donors (Lipinski definition) is 1. The third-order valence-electron chi connectivity index (χ3n) is 3.91. The zero-order valence-electron chi connectivity index (χ0n) is 17.2. The van der Waals surface area contributed by atoms with E-state index in [1.54, 1.807) is 0 Å². The quantitative estimate of drug-likeness (QED) is 0.736. The van der Waals surface area contributed by atoms with Crippen LogP contribution in [-0.4, -0.2) is 48.1 Å². The fourth-order valence-corrected chi connectivity index (χ4v) is 1.95. The lowest BCUT2D eigenvalue weighted by Crippen LogP contribution is -2.47. The number of nitrogens with one attached hydrogen (secondary N) is 1. The topological polar surface area (TPSA) is 118 Å². The van der Waals surface area contributed by atoms with Gasteiger partial charge in [0.1, 0.15) is 0 Å². The average Bonchev–Trinajstić information content (AvgIpc) is 2.41. The maximum absolute atomic E-state index is 11.4. The van der Waals surface area contributed by atoms with Gasteiger partial charge >= 0.3 is 12.3 Å². The SMILES string of the molecule is CC(C)(C)C(=O)N1CCC1.CC(C)(C)C(=O)NC1CCC1.O=C=O.O=C=O. The molecule has 1 heterocycles. The number of carbonyl (C=O) groups excluding carboxylic acids is 6. The summed E-state index contributed by atoms with van der Waals surface area (Å²) in [5.41, 5.74) is -0.407. The molecule has 2 aliphatic rings. The molecule has 2 fully saturated rings. The Balaban J connectivity index is 0. The number of nitrogens with zero attached hydrogens (tertiary/aromatic N) is 1. The van der Waals surface area contributed by atoms with Crippen molar-refractivity contribution in [1.82, 2.24) is 10.2 Å². The summed E-state index contributed by atoms with van der Waals surface area (Å²) in [7, 11) is 0. The average molecular weight is 384 g/mol. The second-order valence-electron chi connectivity index (χ2n) is 8.41. The first-order valence-corrected chi connectivity index (χ1v) is 8.94. The molecule has 27 heavy (non-hydrogen) atoms. The molecule has 8 nitrogen and oxygen atoms in total. The van der Waals surface area contributed by atoms with Crippen molar-refractivity contribution in [3.05, 3.63) is 0 Å². The van der Waals surface area contributed by atoms with Crippen LogP contribution in [0.4, 0.5) is 0 Å². The van der Waals surface area contributed by atoms with E-state index in [4.69, 9.17) is 19.2 Å². The Morgan fingerprint density at radius 2 is 1.22 bits per heavy atom. The number of rotatable bonds is 1. The Labute approximate surface area is 161 Å². The van der Waals surface area contributed by atoms with Crippen LogP contribution in [0.15, 0.2) is 0 Å². The Kier molecular flexibility index (Phi) is 12.9. The van der Waals surface area contributed by atoms with Crippen molar-refractivity contribution in [2.75, 3.05) is 13.1 Å². The van der Waals surface area contributed by atoms with E-state index in [0.29, 0.717) is 11.9 Å². The van der Waals surface area contributed by atoms with Gasteiger partial charge in [-0.1, -0.05) is 41.5 Å². The van der Waals surface area contributed by atoms with Crippen LogP contribution in [-0.2, 0) is 28.8 Å². The highest BCUT2D eigenvalue weighted by atomic mass is 16.2. The van der Waals surface area contributed by atoms with Gasteiger partial charge in [-0.2, -0.15) is 19.2 Å². The molecule has 0 bridgehead atoms. The second kappa shape index (κ2) is 13.0. The van der Waals surface area contributed by atoms with E-state index in [1.807, 2.05) is 46.4 Å². The standard InChI is InChI=1S/C9H17NO.C8H15NO.2CO2/c1-9(2,3)8(11)10-7-5-4-6-7;1-8(2,3)7(10)9-5-4-6-9;2*2-1-3/h7H,4-6H2,1-3H3,(H,10,11);4-6H2,1-3H3;;. The summed E-state index contributed by atoms with van der Waals surface area (Å²) < 4.78 is 0. The highest BCUT2D eigenvalue weighted by molar-refractivity contribution is 5.82. The van der Waals surface area contributed by atoms with Crippen molar-refractivity contribution >= 4 is 24.1 Å². The van der Waals surface area contributed by atoms with Gasteiger partial charge in [-0.25, -0.2) is 0 Å². The molecule has 0 aromatic heterocycles. The molecule has 8 heteroatoms. The first-order valence-electron chi connectivity index (χ1n) is 8.94. The fraction of sp³-hybridized carbons (Fsp3) is 0.789. The molecule has 0 atom stereocenters. The van der Waals surface area contributed by atoms with Crippen LogP contribution in [0.2, 0.25) is 0 Å². The molecule has 1 saturated heterocycles. The van der Waals surface area contributed by atoms with Gasteiger partial charge in [-0.05, 0) is 25.7 Å². The van der Waals surface area contributed by atoms with E-state index in [2.05, 4.69) is 5.32 Å². The Bertz CT molecular complexity index is 513. The van der Waals surface area contributed by atoms with Crippen LogP contribution in [0.5, 0.6) is 0 Å². The van der Waals surface area contributed by atoms with Crippen LogP contribution >= 0.6 is 0 Å². The number of amides is 2. The minimum Gasteiger partial charge on any atom is -0.353 e. The van der Waals surface area contributed by atoms with Crippen molar-refractivity contribution < 1.29 is 28.8 Å². The van der Waals surface area contributed by atoms with Crippen molar-refractivity contribution in [2.24, 2.45) is 10.8 Å².